The average molecular weight is 582 g/mol. The highest BCUT2D eigenvalue weighted by Crippen LogP contribution is 2.43. The Hall–Kier alpha value is -4.62. The molecule has 2 bridgehead atoms. The van der Waals surface area contributed by atoms with Gasteiger partial charge in [0.05, 0.1) is 18.8 Å². The van der Waals surface area contributed by atoms with Crippen LogP contribution in [0.25, 0.3) is 0 Å². The van der Waals surface area contributed by atoms with Crippen LogP contribution in [0, 0.1) is 18.7 Å². The van der Waals surface area contributed by atoms with E-state index in [1.165, 1.54) is 34.7 Å². The highest BCUT2D eigenvalue weighted by Gasteiger charge is 2.48. The number of aromatic hydroxyl groups is 1. The average Bonchev–Trinajstić information content (AvgIpc) is 3.37. The Morgan fingerprint density at radius 3 is 2.62 bits per heavy atom. The maximum absolute atomic E-state index is 13.8. The van der Waals surface area contributed by atoms with Gasteiger partial charge < -0.3 is 20.5 Å². The summed E-state index contributed by atoms with van der Waals surface area (Å²) in [6.07, 6.45) is 3.60. The van der Waals surface area contributed by atoms with Crippen LogP contribution in [-0.4, -0.2) is 54.5 Å². The van der Waals surface area contributed by atoms with E-state index >= 15 is 0 Å². The zero-order chi connectivity index (χ0) is 30.4. The number of rotatable bonds is 7. The maximum atomic E-state index is 13.8. The molecule has 14 heteroatoms. The van der Waals surface area contributed by atoms with Crippen LogP contribution >= 0.6 is 0 Å². The topological polar surface area (TPSA) is 170 Å². The van der Waals surface area contributed by atoms with Gasteiger partial charge in [-0.2, -0.15) is 0 Å². The number of amides is 2. The predicted molar refractivity (Wildman–Crippen MR) is 145 cm³/mol. The fourth-order valence-corrected chi connectivity index (χ4v) is 5.55. The molecule has 6 rings (SSSR count). The lowest BCUT2D eigenvalue weighted by Gasteiger charge is -2.39. The molecule has 0 atom stereocenters. The summed E-state index contributed by atoms with van der Waals surface area (Å²) in [5.74, 6) is -2.80. The number of aryl methyl sites for hydroxylation is 1. The Labute approximate surface area is 240 Å². The Morgan fingerprint density at radius 1 is 1.24 bits per heavy atom. The van der Waals surface area contributed by atoms with E-state index in [9.17, 15) is 28.7 Å². The third kappa shape index (κ3) is 5.01. The fraction of sp³-hybridized carbons (Fsp3) is 0.464. The number of halogens is 1. The number of esters is 1. The van der Waals surface area contributed by atoms with E-state index in [1.807, 2.05) is 0 Å². The first-order valence-electron chi connectivity index (χ1n) is 13.6. The molecular weight excluding hydrogens is 549 g/mol. The molecule has 1 fully saturated rings. The molecule has 42 heavy (non-hydrogen) atoms. The molecule has 0 unspecified atom stereocenters. The van der Waals surface area contributed by atoms with Crippen molar-refractivity contribution in [1.82, 2.24) is 35.2 Å². The summed E-state index contributed by atoms with van der Waals surface area (Å²) in [6.45, 7) is 5.11. The number of ether oxygens (including phenoxy) is 1. The minimum atomic E-state index is -1.31. The molecule has 0 saturated heterocycles. The molecule has 13 nitrogen and oxygen atoms in total. The number of benzene rings is 1. The van der Waals surface area contributed by atoms with Crippen molar-refractivity contribution < 1.29 is 28.6 Å². The first-order chi connectivity index (χ1) is 19.9. The summed E-state index contributed by atoms with van der Waals surface area (Å²) in [4.78, 5) is 56.7. The summed E-state index contributed by atoms with van der Waals surface area (Å²) in [5.41, 5.74) is -2.67. The zero-order valence-electron chi connectivity index (χ0n) is 23.7. The summed E-state index contributed by atoms with van der Waals surface area (Å²) >= 11 is 0. The van der Waals surface area contributed by atoms with Gasteiger partial charge in [-0.25, -0.2) is 18.9 Å². The second-order valence-corrected chi connectivity index (χ2v) is 11.4. The quantitative estimate of drug-likeness (QED) is 0.351. The van der Waals surface area contributed by atoms with E-state index in [2.05, 4.69) is 30.7 Å². The minimum Gasteiger partial charge on any atom is -0.501 e. The Kier molecular flexibility index (Phi) is 7.33. The number of carbonyl (C=O) groups is 3. The molecule has 2 aromatic heterocycles. The van der Waals surface area contributed by atoms with Crippen molar-refractivity contribution in [2.45, 2.75) is 70.6 Å². The summed E-state index contributed by atoms with van der Waals surface area (Å²) in [5, 5.41) is 24.2. The van der Waals surface area contributed by atoms with Gasteiger partial charge in [0.15, 0.2) is 11.4 Å². The van der Waals surface area contributed by atoms with E-state index in [0.717, 1.165) is 0 Å². The molecule has 0 spiro atoms. The van der Waals surface area contributed by atoms with Crippen molar-refractivity contribution in [1.29, 1.82) is 0 Å². The van der Waals surface area contributed by atoms with E-state index in [4.69, 9.17) is 0 Å². The summed E-state index contributed by atoms with van der Waals surface area (Å²) < 4.78 is 20.9. The largest absolute Gasteiger partial charge is 0.501 e. The molecular formula is C28H32FN7O6. The lowest BCUT2D eigenvalue weighted by Crippen LogP contribution is -2.55. The van der Waals surface area contributed by atoms with Crippen molar-refractivity contribution in [3.05, 3.63) is 68.9 Å². The third-order valence-electron chi connectivity index (χ3n) is 8.23. The fourth-order valence-electron chi connectivity index (χ4n) is 5.55. The number of hydrogen-bond donors (Lipinski definition) is 3. The molecule has 2 amide bonds. The van der Waals surface area contributed by atoms with Crippen LogP contribution < -0.4 is 16.2 Å². The lowest BCUT2D eigenvalue weighted by atomic mass is 9.77. The Bertz CT molecular complexity index is 1640. The number of nitrogens with zero attached hydrogens (tertiary/aromatic N) is 5. The molecule has 3 N–H and O–H groups in total. The normalized spacial score (nSPS) is 19.5. The predicted octanol–water partition coefficient (Wildman–Crippen LogP) is 1.66. The molecule has 2 aliphatic heterocycles. The highest BCUT2D eigenvalue weighted by atomic mass is 19.1. The number of methoxy groups -OCH3 is 1. The lowest BCUT2D eigenvalue weighted by molar-refractivity contribution is -0.131. The molecule has 0 radical (unpaired) electrons. The van der Waals surface area contributed by atoms with E-state index in [-0.39, 0.29) is 36.3 Å². The smallest absolute Gasteiger partial charge is 0.360 e. The summed E-state index contributed by atoms with van der Waals surface area (Å²) in [7, 11) is 1.21. The van der Waals surface area contributed by atoms with Crippen LogP contribution in [0.3, 0.4) is 0 Å². The van der Waals surface area contributed by atoms with Crippen molar-refractivity contribution >= 4 is 17.8 Å². The first kappa shape index (κ1) is 28.9. The van der Waals surface area contributed by atoms with E-state index in [0.29, 0.717) is 36.8 Å². The van der Waals surface area contributed by atoms with Gasteiger partial charge in [0.25, 0.3) is 11.5 Å². The summed E-state index contributed by atoms with van der Waals surface area (Å²) in [6, 6.07) is 4.40. The van der Waals surface area contributed by atoms with Crippen LogP contribution in [0.15, 0.2) is 29.2 Å². The number of hydrogen-bond acceptors (Lipinski definition) is 9. The molecule has 1 aliphatic carbocycles. The van der Waals surface area contributed by atoms with Gasteiger partial charge >= 0.3 is 5.97 Å². The van der Waals surface area contributed by atoms with Crippen molar-refractivity contribution in [3.63, 3.8) is 0 Å². The van der Waals surface area contributed by atoms with Gasteiger partial charge in [-0.1, -0.05) is 17.3 Å². The van der Waals surface area contributed by atoms with E-state index < -0.39 is 45.9 Å². The maximum Gasteiger partial charge on any atom is 0.360 e. The van der Waals surface area contributed by atoms with Crippen LogP contribution in [0.2, 0.25) is 0 Å². The Balaban J connectivity index is 1.47. The molecule has 1 aromatic carbocycles. The Morgan fingerprint density at radius 2 is 1.95 bits per heavy atom. The standard InChI is InChI=1S/C28H32FN7O6/c1-15-11-17(5-6-18(15)29)12-30-22(38)20-21(37)23(39)35-13-16-7-9-28(10-8-16,25(35)31-20)32-26(41)27(2,3)36-14-19(33-34-36)24(40)42-4/h5-6,11,14,16,37H,7-10,12-13H2,1-4H3,(H,30,38)(H,32,41). The van der Waals surface area contributed by atoms with Crippen LogP contribution in [0.1, 0.15) is 77.5 Å². The second-order valence-electron chi connectivity index (χ2n) is 11.4. The monoisotopic (exact) mass is 581 g/mol. The minimum absolute atomic E-state index is 0.0170. The number of carbonyl (C=O) groups excluding carboxylic acids is 3. The van der Waals surface area contributed by atoms with Crippen molar-refractivity contribution in [2.24, 2.45) is 5.92 Å². The number of nitrogens with one attached hydrogen (secondary N) is 2. The van der Waals surface area contributed by atoms with Crippen LogP contribution in [-0.2, 0) is 33.7 Å². The van der Waals surface area contributed by atoms with Gasteiger partial charge in [0.2, 0.25) is 11.7 Å². The highest BCUT2D eigenvalue weighted by molar-refractivity contribution is 5.94. The molecule has 222 valence electrons. The van der Waals surface area contributed by atoms with Gasteiger partial charge in [0.1, 0.15) is 17.2 Å². The SMILES string of the molecule is COC(=O)c1cn(C(C)(C)C(=O)NC23CCC(CC2)Cn2c3nc(C(=O)NCc3ccc(F)c(C)c3)c(O)c2=O)nn1. The van der Waals surface area contributed by atoms with Crippen LogP contribution in [0.5, 0.6) is 5.75 Å². The molecule has 3 aromatic rings. The van der Waals surface area contributed by atoms with E-state index in [1.54, 1.807) is 26.8 Å². The van der Waals surface area contributed by atoms with Crippen LogP contribution in [0.4, 0.5) is 4.39 Å². The number of fused-ring (bicyclic) bond motifs is 2. The number of aromatic nitrogens is 5. The van der Waals surface area contributed by atoms with Gasteiger partial charge in [-0.3, -0.25) is 19.0 Å². The van der Waals surface area contributed by atoms with Gasteiger partial charge in [0, 0.05) is 13.1 Å². The second kappa shape index (κ2) is 10.7. The molecule has 4 heterocycles. The van der Waals surface area contributed by atoms with Crippen molar-refractivity contribution in [2.75, 3.05) is 7.11 Å². The van der Waals surface area contributed by atoms with Gasteiger partial charge in [-0.05, 0) is 69.6 Å². The first-order valence-corrected chi connectivity index (χ1v) is 13.6. The molecule has 3 aliphatic rings. The third-order valence-corrected chi connectivity index (χ3v) is 8.23. The molecule has 1 saturated carbocycles. The van der Waals surface area contributed by atoms with Crippen molar-refractivity contribution in [3.8, 4) is 5.75 Å². The van der Waals surface area contributed by atoms with Gasteiger partial charge in [-0.15, -0.1) is 5.10 Å². The zero-order valence-corrected chi connectivity index (χ0v) is 23.7.